The van der Waals surface area contributed by atoms with Crippen LogP contribution in [0.4, 0.5) is 0 Å². The van der Waals surface area contributed by atoms with Crippen molar-refractivity contribution in [1.82, 2.24) is 9.46 Å². The van der Waals surface area contributed by atoms with Crippen LogP contribution < -0.4 is 0 Å². The molecule has 0 bridgehead atoms. The van der Waals surface area contributed by atoms with Crippen molar-refractivity contribution in [2.75, 3.05) is 13.1 Å². The third-order valence-electron chi connectivity index (χ3n) is 4.62. The Morgan fingerprint density at radius 3 is 2.54 bits per heavy atom. The largest absolute Gasteiger partial charge is 0.457 e. The number of hydrogen-bond donors (Lipinski definition) is 0. The van der Waals surface area contributed by atoms with Gasteiger partial charge in [-0.2, -0.15) is 4.31 Å². The third-order valence-corrected chi connectivity index (χ3v) is 6.45. The van der Waals surface area contributed by atoms with Gasteiger partial charge in [0.15, 0.2) is 0 Å². The van der Waals surface area contributed by atoms with E-state index in [1.54, 1.807) is 13.8 Å². The highest BCUT2D eigenvalue weighted by molar-refractivity contribution is 7.89. The number of hydrogen-bond acceptors (Lipinski definition) is 7. The maximum atomic E-state index is 13.0. The van der Waals surface area contributed by atoms with Crippen molar-refractivity contribution in [2.45, 2.75) is 51.4 Å². The van der Waals surface area contributed by atoms with E-state index in [0.717, 1.165) is 0 Å². The average Bonchev–Trinajstić information content (AvgIpc) is 2.97. The van der Waals surface area contributed by atoms with Crippen molar-refractivity contribution < 1.29 is 27.2 Å². The van der Waals surface area contributed by atoms with Gasteiger partial charge in [-0.15, -0.1) is 0 Å². The minimum atomic E-state index is -3.73. The van der Waals surface area contributed by atoms with Crippen LogP contribution in [0.25, 0.3) is 0 Å². The normalized spacial score (nSPS) is 20.9. The number of carbonyl (C=O) groups excluding carboxylic acids is 1. The van der Waals surface area contributed by atoms with Gasteiger partial charge in [0.2, 0.25) is 10.0 Å². The van der Waals surface area contributed by atoms with Gasteiger partial charge in [0.1, 0.15) is 12.4 Å². The lowest BCUT2D eigenvalue weighted by Gasteiger charge is -2.34. The van der Waals surface area contributed by atoms with E-state index in [1.165, 1.54) is 28.6 Å². The lowest BCUT2D eigenvalue weighted by Crippen LogP contribution is -2.48. The molecule has 3 rings (SSSR count). The van der Waals surface area contributed by atoms with Crippen molar-refractivity contribution in [3.05, 3.63) is 46.8 Å². The Kier molecular flexibility index (Phi) is 5.87. The smallest absolute Gasteiger partial charge is 0.338 e. The number of aromatic nitrogens is 1. The van der Waals surface area contributed by atoms with E-state index in [9.17, 15) is 13.2 Å². The molecule has 8 nitrogen and oxygen atoms in total. The van der Waals surface area contributed by atoms with E-state index in [-0.39, 0.29) is 42.4 Å². The average molecular weight is 408 g/mol. The molecule has 0 aliphatic carbocycles. The number of carbonyl (C=O) groups is 1. The third kappa shape index (κ3) is 4.26. The van der Waals surface area contributed by atoms with Crippen LogP contribution in [0.1, 0.15) is 41.2 Å². The summed E-state index contributed by atoms with van der Waals surface area (Å²) in [6.07, 6.45) is -0.386. The van der Waals surface area contributed by atoms with Gasteiger partial charge in [0.25, 0.3) is 0 Å². The second kappa shape index (κ2) is 8.02. The monoisotopic (exact) mass is 408 g/mol. The van der Waals surface area contributed by atoms with E-state index in [4.69, 9.17) is 14.0 Å². The highest BCUT2D eigenvalue weighted by Crippen LogP contribution is 2.22. The highest BCUT2D eigenvalue weighted by atomic mass is 32.2. The maximum Gasteiger partial charge on any atom is 0.338 e. The number of sulfonamides is 1. The van der Waals surface area contributed by atoms with Gasteiger partial charge in [-0.3, -0.25) is 0 Å². The first kappa shape index (κ1) is 20.5. The second-order valence-corrected chi connectivity index (χ2v) is 8.92. The lowest BCUT2D eigenvalue weighted by atomic mass is 10.2. The fourth-order valence-corrected chi connectivity index (χ4v) is 4.83. The lowest BCUT2D eigenvalue weighted by molar-refractivity contribution is -0.0440. The molecular formula is C19H24N2O6S. The molecule has 0 spiro atoms. The molecule has 28 heavy (non-hydrogen) atoms. The number of rotatable bonds is 5. The van der Waals surface area contributed by atoms with Crippen LogP contribution in [0.5, 0.6) is 0 Å². The summed E-state index contributed by atoms with van der Waals surface area (Å²) < 4.78 is 43.3. The SMILES string of the molecule is Cc1noc(C)c1COC(=O)c1cccc(S(=O)(=O)N2C[C@H](C)O[C@@H](C)C2)c1. The summed E-state index contributed by atoms with van der Waals surface area (Å²) in [5, 5.41) is 3.82. The number of benzene rings is 1. The molecular weight excluding hydrogens is 384 g/mol. The van der Waals surface area contributed by atoms with Crippen molar-refractivity contribution in [3.8, 4) is 0 Å². The topological polar surface area (TPSA) is 98.9 Å². The van der Waals surface area contributed by atoms with E-state index in [0.29, 0.717) is 17.0 Å². The molecule has 9 heteroatoms. The zero-order chi connectivity index (χ0) is 20.5. The van der Waals surface area contributed by atoms with E-state index in [2.05, 4.69) is 5.16 Å². The minimum Gasteiger partial charge on any atom is -0.457 e. The second-order valence-electron chi connectivity index (χ2n) is 6.99. The molecule has 1 aliphatic rings. The summed E-state index contributed by atoms with van der Waals surface area (Å²) >= 11 is 0. The molecule has 0 N–H and O–H groups in total. The summed E-state index contributed by atoms with van der Waals surface area (Å²) in [4.78, 5) is 12.5. The summed E-state index contributed by atoms with van der Waals surface area (Å²) in [5.41, 5.74) is 1.52. The molecule has 1 fully saturated rings. The number of morpholine rings is 1. The molecule has 2 heterocycles. The molecule has 1 saturated heterocycles. The van der Waals surface area contributed by atoms with E-state index < -0.39 is 16.0 Å². The van der Waals surface area contributed by atoms with Crippen LogP contribution >= 0.6 is 0 Å². The standard InChI is InChI=1S/C19H24N2O6S/c1-12-9-21(10-13(2)26-12)28(23,24)17-7-5-6-16(8-17)19(22)25-11-18-14(3)20-27-15(18)4/h5-8,12-13H,9-11H2,1-4H3/t12-,13-/m0/s1. The summed E-state index contributed by atoms with van der Waals surface area (Å²) in [6, 6.07) is 5.88. The van der Waals surface area contributed by atoms with Gasteiger partial charge in [-0.05, 0) is 45.9 Å². The van der Waals surface area contributed by atoms with Gasteiger partial charge in [-0.1, -0.05) is 11.2 Å². The van der Waals surface area contributed by atoms with Crippen molar-refractivity contribution in [3.63, 3.8) is 0 Å². The molecule has 1 aromatic heterocycles. The Morgan fingerprint density at radius 1 is 1.25 bits per heavy atom. The molecule has 0 unspecified atom stereocenters. The molecule has 0 saturated carbocycles. The predicted molar refractivity (Wildman–Crippen MR) is 100 cm³/mol. The zero-order valence-corrected chi connectivity index (χ0v) is 17.2. The van der Waals surface area contributed by atoms with E-state index in [1.807, 2.05) is 13.8 Å². The van der Waals surface area contributed by atoms with Crippen molar-refractivity contribution in [2.24, 2.45) is 0 Å². The molecule has 0 radical (unpaired) electrons. The Morgan fingerprint density at radius 2 is 1.93 bits per heavy atom. The molecule has 2 atom stereocenters. The quantitative estimate of drug-likeness (QED) is 0.701. The van der Waals surface area contributed by atoms with Crippen LogP contribution in [0, 0.1) is 13.8 Å². The predicted octanol–water partition coefficient (Wildman–Crippen LogP) is 2.45. The fourth-order valence-electron chi connectivity index (χ4n) is 3.19. The maximum absolute atomic E-state index is 13.0. The van der Waals surface area contributed by atoms with Crippen LogP contribution in [-0.2, 0) is 26.1 Å². The van der Waals surface area contributed by atoms with Crippen LogP contribution in [0.3, 0.4) is 0 Å². The number of nitrogens with zero attached hydrogens (tertiary/aromatic N) is 2. The highest BCUT2D eigenvalue weighted by Gasteiger charge is 2.32. The van der Waals surface area contributed by atoms with Gasteiger partial charge >= 0.3 is 5.97 Å². The van der Waals surface area contributed by atoms with E-state index >= 15 is 0 Å². The first-order valence-electron chi connectivity index (χ1n) is 9.03. The molecule has 1 aliphatic heterocycles. The summed E-state index contributed by atoms with van der Waals surface area (Å²) in [6.45, 7) is 7.72. The minimum absolute atomic E-state index is 0.00940. The first-order chi connectivity index (χ1) is 13.2. The first-order valence-corrected chi connectivity index (χ1v) is 10.5. The van der Waals surface area contributed by atoms with Gasteiger partial charge in [0.05, 0.1) is 33.9 Å². The molecule has 152 valence electrons. The molecule has 1 aromatic carbocycles. The Bertz CT molecular complexity index is 939. The fraction of sp³-hybridized carbons (Fsp3) is 0.474. The summed E-state index contributed by atoms with van der Waals surface area (Å²) in [7, 11) is -3.73. The number of ether oxygens (including phenoxy) is 2. The zero-order valence-electron chi connectivity index (χ0n) is 16.3. The number of aryl methyl sites for hydroxylation is 2. The van der Waals surface area contributed by atoms with Crippen molar-refractivity contribution >= 4 is 16.0 Å². The Labute approximate surface area is 164 Å². The Hall–Kier alpha value is -2.23. The van der Waals surface area contributed by atoms with Gasteiger partial charge in [-0.25, -0.2) is 13.2 Å². The van der Waals surface area contributed by atoms with Crippen LogP contribution in [0.2, 0.25) is 0 Å². The van der Waals surface area contributed by atoms with Gasteiger partial charge < -0.3 is 14.0 Å². The Balaban J connectivity index is 1.77. The van der Waals surface area contributed by atoms with Crippen molar-refractivity contribution in [1.29, 1.82) is 0 Å². The van der Waals surface area contributed by atoms with Crippen LogP contribution in [0.15, 0.2) is 33.7 Å². The summed E-state index contributed by atoms with van der Waals surface area (Å²) in [5.74, 6) is -0.0297. The van der Waals surface area contributed by atoms with Gasteiger partial charge in [0, 0.05) is 13.1 Å². The molecule has 0 amide bonds. The van der Waals surface area contributed by atoms with Crippen LogP contribution in [-0.4, -0.2) is 49.1 Å². The number of esters is 1. The molecule has 2 aromatic rings.